The summed E-state index contributed by atoms with van der Waals surface area (Å²) in [5.41, 5.74) is 6.89. The first-order chi connectivity index (χ1) is 6.27. The standard InChI is InChI=1S/C10H18N2O/c1-2-5-12-6-3-9(4-7-12)10(11)8-13/h2-3,10,13H,1,4-8,11H2. The lowest BCUT2D eigenvalue weighted by Gasteiger charge is -2.26. The lowest BCUT2D eigenvalue weighted by Crippen LogP contribution is -2.35. The van der Waals surface area contributed by atoms with Gasteiger partial charge in [-0.05, 0) is 6.42 Å². The Balaban J connectivity index is 2.42. The highest BCUT2D eigenvalue weighted by Gasteiger charge is 2.14. The number of aliphatic hydroxyl groups excluding tert-OH is 1. The van der Waals surface area contributed by atoms with Gasteiger partial charge in [0.2, 0.25) is 0 Å². The van der Waals surface area contributed by atoms with Gasteiger partial charge in [0.05, 0.1) is 6.61 Å². The van der Waals surface area contributed by atoms with Crippen LogP contribution in [-0.2, 0) is 0 Å². The predicted octanol–water partition coefficient (Wildman–Crippen LogP) is 0.124. The maximum absolute atomic E-state index is 8.86. The van der Waals surface area contributed by atoms with E-state index in [4.69, 9.17) is 10.8 Å². The lowest BCUT2D eigenvalue weighted by atomic mass is 10.0. The summed E-state index contributed by atoms with van der Waals surface area (Å²) in [5, 5.41) is 8.86. The second-order valence-electron chi connectivity index (χ2n) is 3.37. The zero-order valence-electron chi connectivity index (χ0n) is 7.95. The summed E-state index contributed by atoms with van der Waals surface area (Å²) in [6.45, 7) is 6.62. The van der Waals surface area contributed by atoms with E-state index in [1.54, 1.807) is 0 Å². The fourth-order valence-electron chi connectivity index (χ4n) is 1.53. The van der Waals surface area contributed by atoms with Gasteiger partial charge in [0.1, 0.15) is 0 Å². The maximum Gasteiger partial charge on any atom is 0.0621 e. The highest BCUT2D eigenvalue weighted by molar-refractivity contribution is 5.14. The normalized spacial score (nSPS) is 20.9. The predicted molar refractivity (Wildman–Crippen MR) is 54.4 cm³/mol. The molecule has 1 atom stereocenters. The molecule has 0 saturated heterocycles. The molecular weight excluding hydrogens is 164 g/mol. The third-order valence-corrected chi connectivity index (χ3v) is 2.39. The van der Waals surface area contributed by atoms with Crippen LogP contribution >= 0.6 is 0 Å². The molecule has 3 N–H and O–H groups in total. The van der Waals surface area contributed by atoms with E-state index in [-0.39, 0.29) is 12.6 Å². The Bertz CT molecular complexity index is 201. The molecule has 0 aliphatic carbocycles. The van der Waals surface area contributed by atoms with Crippen molar-refractivity contribution in [2.45, 2.75) is 12.5 Å². The van der Waals surface area contributed by atoms with Crippen molar-refractivity contribution in [2.75, 3.05) is 26.2 Å². The van der Waals surface area contributed by atoms with Crippen molar-refractivity contribution < 1.29 is 5.11 Å². The molecule has 13 heavy (non-hydrogen) atoms. The van der Waals surface area contributed by atoms with Crippen LogP contribution in [0, 0.1) is 0 Å². The van der Waals surface area contributed by atoms with E-state index in [9.17, 15) is 0 Å². The number of nitrogens with two attached hydrogens (primary N) is 1. The SMILES string of the molecule is C=CCN1CC=C(C(N)CO)CC1. The summed E-state index contributed by atoms with van der Waals surface area (Å²) < 4.78 is 0. The molecular formula is C10H18N2O. The zero-order chi connectivity index (χ0) is 9.68. The Morgan fingerprint density at radius 2 is 2.54 bits per heavy atom. The third kappa shape index (κ3) is 2.95. The van der Waals surface area contributed by atoms with Crippen LogP contribution in [0.4, 0.5) is 0 Å². The molecule has 0 spiro atoms. The van der Waals surface area contributed by atoms with Gasteiger partial charge < -0.3 is 10.8 Å². The summed E-state index contributed by atoms with van der Waals surface area (Å²) >= 11 is 0. The second-order valence-corrected chi connectivity index (χ2v) is 3.37. The van der Waals surface area contributed by atoms with Crippen molar-refractivity contribution >= 4 is 0 Å². The first-order valence-electron chi connectivity index (χ1n) is 4.66. The Morgan fingerprint density at radius 3 is 3.00 bits per heavy atom. The Kier molecular flexibility index (Phi) is 4.15. The molecule has 0 aromatic carbocycles. The number of hydrogen-bond acceptors (Lipinski definition) is 3. The number of nitrogens with zero attached hydrogens (tertiary/aromatic N) is 1. The van der Waals surface area contributed by atoms with E-state index in [1.165, 1.54) is 5.57 Å². The van der Waals surface area contributed by atoms with Gasteiger partial charge in [-0.25, -0.2) is 0 Å². The molecule has 0 radical (unpaired) electrons. The molecule has 0 saturated carbocycles. The monoisotopic (exact) mass is 182 g/mol. The minimum atomic E-state index is -0.161. The summed E-state index contributed by atoms with van der Waals surface area (Å²) in [7, 11) is 0. The van der Waals surface area contributed by atoms with E-state index >= 15 is 0 Å². The van der Waals surface area contributed by atoms with Crippen LogP contribution in [0.3, 0.4) is 0 Å². The average molecular weight is 182 g/mol. The van der Waals surface area contributed by atoms with Gasteiger partial charge in [-0.1, -0.05) is 17.7 Å². The topological polar surface area (TPSA) is 49.5 Å². The van der Waals surface area contributed by atoms with Crippen LogP contribution in [0.15, 0.2) is 24.3 Å². The van der Waals surface area contributed by atoms with Crippen molar-refractivity contribution in [3.63, 3.8) is 0 Å². The smallest absolute Gasteiger partial charge is 0.0621 e. The summed E-state index contributed by atoms with van der Waals surface area (Å²) in [6, 6.07) is -0.161. The quantitative estimate of drug-likeness (QED) is 0.607. The van der Waals surface area contributed by atoms with Gasteiger partial charge in [-0.15, -0.1) is 6.58 Å². The fraction of sp³-hybridized carbons (Fsp3) is 0.600. The van der Waals surface area contributed by atoms with Crippen molar-refractivity contribution in [1.82, 2.24) is 4.90 Å². The molecule has 74 valence electrons. The van der Waals surface area contributed by atoms with Crippen LogP contribution in [0.25, 0.3) is 0 Å². The Labute approximate surface area is 79.5 Å². The van der Waals surface area contributed by atoms with Crippen molar-refractivity contribution in [2.24, 2.45) is 5.73 Å². The molecule has 0 aromatic rings. The first-order valence-corrected chi connectivity index (χ1v) is 4.66. The number of rotatable bonds is 4. The van der Waals surface area contributed by atoms with Gasteiger partial charge in [-0.3, -0.25) is 4.90 Å². The molecule has 3 heteroatoms. The Morgan fingerprint density at radius 1 is 1.77 bits per heavy atom. The molecule has 1 heterocycles. The van der Waals surface area contributed by atoms with Gasteiger partial charge in [0.25, 0.3) is 0 Å². The van der Waals surface area contributed by atoms with E-state index < -0.39 is 0 Å². The van der Waals surface area contributed by atoms with Gasteiger partial charge in [-0.2, -0.15) is 0 Å². The highest BCUT2D eigenvalue weighted by Crippen LogP contribution is 2.12. The average Bonchev–Trinajstić information content (AvgIpc) is 2.18. The highest BCUT2D eigenvalue weighted by atomic mass is 16.3. The van der Waals surface area contributed by atoms with Crippen molar-refractivity contribution in [3.05, 3.63) is 24.3 Å². The van der Waals surface area contributed by atoms with Gasteiger partial charge in [0, 0.05) is 25.7 Å². The third-order valence-electron chi connectivity index (χ3n) is 2.39. The number of hydrogen-bond donors (Lipinski definition) is 2. The van der Waals surface area contributed by atoms with Crippen LogP contribution in [-0.4, -0.2) is 42.3 Å². The van der Waals surface area contributed by atoms with Gasteiger partial charge >= 0.3 is 0 Å². The molecule has 1 aliphatic heterocycles. The van der Waals surface area contributed by atoms with E-state index in [0.717, 1.165) is 26.1 Å². The van der Waals surface area contributed by atoms with Crippen LogP contribution in [0.2, 0.25) is 0 Å². The number of aliphatic hydroxyl groups is 1. The molecule has 1 aliphatic rings. The first kappa shape index (κ1) is 10.4. The molecule has 0 bridgehead atoms. The molecule has 3 nitrogen and oxygen atoms in total. The largest absolute Gasteiger partial charge is 0.394 e. The fourth-order valence-corrected chi connectivity index (χ4v) is 1.53. The van der Waals surface area contributed by atoms with Crippen molar-refractivity contribution in [1.29, 1.82) is 0 Å². The summed E-state index contributed by atoms with van der Waals surface area (Å²) in [6.07, 6.45) is 4.99. The molecule has 1 unspecified atom stereocenters. The zero-order valence-corrected chi connectivity index (χ0v) is 7.95. The van der Waals surface area contributed by atoms with Crippen LogP contribution in [0.1, 0.15) is 6.42 Å². The lowest BCUT2D eigenvalue weighted by molar-refractivity contribution is 0.266. The summed E-state index contributed by atoms with van der Waals surface area (Å²) in [5.74, 6) is 0. The summed E-state index contributed by atoms with van der Waals surface area (Å²) in [4.78, 5) is 2.29. The minimum absolute atomic E-state index is 0.0489. The van der Waals surface area contributed by atoms with Crippen molar-refractivity contribution in [3.8, 4) is 0 Å². The molecule has 0 fully saturated rings. The second kappa shape index (κ2) is 5.17. The van der Waals surface area contributed by atoms with E-state index in [2.05, 4.69) is 17.6 Å². The molecule has 0 aromatic heterocycles. The van der Waals surface area contributed by atoms with Gasteiger partial charge in [0.15, 0.2) is 0 Å². The van der Waals surface area contributed by atoms with Crippen LogP contribution in [0.5, 0.6) is 0 Å². The minimum Gasteiger partial charge on any atom is -0.394 e. The van der Waals surface area contributed by atoms with E-state index in [1.807, 2.05) is 6.08 Å². The molecule has 1 rings (SSSR count). The van der Waals surface area contributed by atoms with E-state index in [0.29, 0.717) is 0 Å². The maximum atomic E-state index is 8.86. The Hall–Kier alpha value is -0.640. The van der Waals surface area contributed by atoms with Crippen LogP contribution < -0.4 is 5.73 Å². The molecule has 0 amide bonds.